The van der Waals surface area contributed by atoms with Crippen LogP contribution in [0, 0.1) is 18.3 Å². The van der Waals surface area contributed by atoms with Gasteiger partial charge in [0.15, 0.2) is 5.78 Å². The number of Topliss-reactive ketones (excluding diaryl/α,β-unsaturated/α-hetero) is 1. The number of benzene rings is 1. The summed E-state index contributed by atoms with van der Waals surface area (Å²) in [4.78, 5) is 14.9. The van der Waals surface area contributed by atoms with Crippen molar-refractivity contribution in [2.24, 2.45) is 0 Å². The van der Waals surface area contributed by atoms with Crippen LogP contribution in [0.3, 0.4) is 0 Å². The summed E-state index contributed by atoms with van der Waals surface area (Å²) < 4.78 is 1.72. The minimum atomic E-state index is -0.337. The van der Waals surface area contributed by atoms with E-state index in [1.165, 1.54) is 0 Å². The summed E-state index contributed by atoms with van der Waals surface area (Å²) in [5.41, 5.74) is 2.38. The minimum Gasteiger partial charge on any atom is -0.391 e. The van der Waals surface area contributed by atoms with Crippen LogP contribution >= 0.6 is 23.2 Å². The number of nitriles is 1. The molecule has 0 amide bonds. The van der Waals surface area contributed by atoms with E-state index in [-0.39, 0.29) is 40.7 Å². The molecule has 2 aliphatic heterocycles. The van der Waals surface area contributed by atoms with Gasteiger partial charge in [-0.2, -0.15) is 5.26 Å². The molecule has 3 heterocycles. The Labute approximate surface area is 161 Å². The van der Waals surface area contributed by atoms with Crippen LogP contribution in [0.5, 0.6) is 0 Å². The number of halogens is 2. The molecule has 2 aromatic rings. The molecule has 5 nitrogen and oxygen atoms in total. The molecule has 0 radical (unpaired) electrons. The molecule has 1 aliphatic carbocycles. The number of rotatable bonds is 4. The van der Waals surface area contributed by atoms with E-state index in [1.807, 2.05) is 6.92 Å². The Balaban J connectivity index is 1.65. The lowest BCUT2D eigenvalue weighted by Crippen LogP contribution is -2.52. The maximum atomic E-state index is 12.9. The Morgan fingerprint density at radius 1 is 1.31 bits per heavy atom. The van der Waals surface area contributed by atoms with Crippen LogP contribution in [0.4, 0.5) is 0 Å². The Bertz CT molecular complexity index is 930. The molecule has 2 bridgehead atoms. The molecule has 0 spiro atoms. The fourth-order valence-electron chi connectivity index (χ4n) is 4.15. The predicted molar refractivity (Wildman–Crippen MR) is 99.1 cm³/mol. The van der Waals surface area contributed by atoms with E-state index >= 15 is 0 Å². The van der Waals surface area contributed by atoms with Crippen molar-refractivity contribution in [1.82, 2.24) is 9.47 Å². The van der Waals surface area contributed by atoms with Gasteiger partial charge in [0.1, 0.15) is 5.15 Å². The maximum Gasteiger partial charge on any atom is 0.180 e. The van der Waals surface area contributed by atoms with Crippen molar-refractivity contribution in [3.05, 3.63) is 51.3 Å². The van der Waals surface area contributed by atoms with Gasteiger partial charge >= 0.3 is 0 Å². The molecule has 3 aliphatic rings. The third-order valence-corrected chi connectivity index (χ3v) is 6.34. The van der Waals surface area contributed by atoms with Gasteiger partial charge in [-0.25, -0.2) is 0 Å². The van der Waals surface area contributed by atoms with Crippen molar-refractivity contribution < 1.29 is 9.90 Å². The lowest BCUT2D eigenvalue weighted by molar-refractivity contribution is 0.0366. The zero-order valence-corrected chi connectivity index (χ0v) is 15.6. The average Bonchev–Trinajstić information content (AvgIpc) is 3.22. The molecule has 3 atom stereocenters. The van der Waals surface area contributed by atoms with Gasteiger partial charge in [0, 0.05) is 23.5 Å². The summed E-state index contributed by atoms with van der Waals surface area (Å²) in [7, 11) is 0. The van der Waals surface area contributed by atoms with Gasteiger partial charge in [-0.1, -0.05) is 23.2 Å². The molecule has 134 valence electrons. The van der Waals surface area contributed by atoms with Crippen LogP contribution in [0.2, 0.25) is 10.2 Å². The number of hydrogen-bond acceptors (Lipinski definition) is 4. The van der Waals surface area contributed by atoms with Gasteiger partial charge in [-0.05, 0) is 44.0 Å². The first-order valence-electron chi connectivity index (χ1n) is 8.46. The number of aliphatic hydroxyl groups excluding tert-OH is 1. The number of aromatic nitrogens is 1. The SMILES string of the molecule is Cc1c(C(=O)CN2C3CC2[C@@H](O)C3)c(Cl)c(Cl)n1-c1ccc(C#N)cc1. The number of hydrogen-bond donors (Lipinski definition) is 1. The first-order valence-corrected chi connectivity index (χ1v) is 9.21. The molecule has 1 aromatic carbocycles. The quantitative estimate of drug-likeness (QED) is 0.813. The van der Waals surface area contributed by atoms with E-state index in [4.69, 9.17) is 28.5 Å². The van der Waals surface area contributed by atoms with Gasteiger partial charge in [0.25, 0.3) is 0 Å². The molecule has 2 saturated heterocycles. The standard InChI is InChI=1S/C19H17Cl2N3O2/c1-10-17(16(26)9-23-13-6-14(23)15(25)7-13)18(20)19(21)24(10)12-4-2-11(8-22)3-5-12/h2-5,13-15,25H,6-7,9H2,1H3/t13?,14?,15-/m0/s1. The van der Waals surface area contributed by atoms with Crippen LogP contribution in [0.25, 0.3) is 5.69 Å². The molecular weight excluding hydrogens is 373 g/mol. The van der Waals surface area contributed by atoms with Crippen LogP contribution < -0.4 is 0 Å². The Kier molecular flexibility index (Phi) is 4.32. The molecule has 3 fully saturated rings. The molecule has 1 aromatic heterocycles. The number of nitrogens with zero attached hydrogens (tertiary/aromatic N) is 3. The van der Waals surface area contributed by atoms with Crippen LogP contribution in [-0.2, 0) is 0 Å². The molecule has 1 saturated carbocycles. The topological polar surface area (TPSA) is 69.3 Å². The highest BCUT2D eigenvalue weighted by Gasteiger charge is 2.51. The number of ketones is 1. The molecule has 26 heavy (non-hydrogen) atoms. The summed E-state index contributed by atoms with van der Waals surface area (Å²) in [5.74, 6) is -0.0920. The van der Waals surface area contributed by atoms with Crippen molar-refractivity contribution in [2.45, 2.75) is 38.0 Å². The van der Waals surface area contributed by atoms with Crippen molar-refractivity contribution in [1.29, 1.82) is 5.26 Å². The summed E-state index contributed by atoms with van der Waals surface area (Å²) in [6, 6.07) is 9.37. The summed E-state index contributed by atoms with van der Waals surface area (Å²) in [5, 5.41) is 19.4. The van der Waals surface area contributed by atoms with E-state index in [2.05, 4.69) is 11.0 Å². The first-order chi connectivity index (χ1) is 12.4. The first kappa shape index (κ1) is 17.6. The van der Waals surface area contributed by atoms with Gasteiger partial charge in [0.05, 0.1) is 34.9 Å². The van der Waals surface area contributed by atoms with Gasteiger partial charge in [0.2, 0.25) is 0 Å². The van der Waals surface area contributed by atoms with Crippen LogP contribution in [-0.4, -0.2) is 45.1 Å². The smallest absolute Gasteiger partial charge is 0.180 e. The number of aliphatic hydroxyl groups is 1. The average molecular weight is 390 g/mol. The molecule has 2 unspecified atom stereocenters. The van der Waals surface area contributed by atoms with E-state index in [9.17, 15) is 9.90 Å². The monoisotopic (exact) mass is 389 g/mol. The molecule has 7 heteroatoms. The lowest BCUT2D eigenvalue weighted by atomic mass is 10.0. The zero-order chi connectivity index (χ0) is 18.6. The predicted octanol–water partition coefficient (Wildman–Crippen LogP) is 3.35. The second kappa shape index (κ2) is 6.40. The zero-order valence-electron chi connectivity index (χ0n) is 14.1. The van der Waals surface area contributed by atoms with E-state index in [0.717, 1.165) is 18.5 Å². The van der Waals surface area contributed by atoms with E-state index in [1.54, 1.807) is 28.8 Å². The van der Waals surface area contributed by atoms with Crippen molar-refractivity contribution in [3.63, 3.8) is 0 Å². The van der Waals surface area contributed by atoms with Crippen LogP contribution in [0.15, 0.2) is 24.3 Å². The van der Waals surface area contributed by atoms with Crippen molar-refractivity contribution in [3.8, 4) is 11.8 Å². The highest BCUT2D eigenvalue weighted by molar-refractivity contribution is 6.44. The second-order valence-corrected chi connectivity index (χ2v) is 7.65. The Morgan fingerprint density at radius 2 is 2.00 bits per heavy atom. The van der Waals surface area contributed by atoms with Gasteiger partial charge < -0.3 is 9.67 Å². The molecule has 5 rings (SSSR count). The van der Waals surface area contributed by atoms with Crippen molar-refractivity contribution in [2.75, 3.05) is 6.54 Å². The fraction of sp³-hybridized carbons (Fsp3) is 0.368. The van der Waals surface area contributed by atoms with E-state index in [0.29, 0.717) is 16.8 Å². The number of carbonyl (C=O) groups excluding carboxylic acids is 1. The molecule has 1 N–H and O–H groups in total. The third-order valence-electron chi connectivity index (χ3n) is 5.52. The second-order valence-electron chi connectivity index (χ2n) is 6.91. The largest absolute Gasteiger partial charge is 0.391 e. The highest BCUT2D eigenvalue weighted by Crippen LogP contribution is 2.41. The summed E-state index contributed by atoms with van der Waals surface area (Å²) >= 11 is 12.8. The minimum absolute atomic E-state index is 0.0825. The van der Waals surface area contributed by atoms with Gasteiger partial charge in [-0.15, -0.1) is 0 Å². The van der Waals surface area contributed by atoms with Gasteiger partial charge in [-0.3, -0.25) is 9.69 Å². The highest BCUT2D eigenvalue weighted by atomic mass is 35.5. The summed E-state index contributed by atoms with van der Waals surface area (Å²) in [6.45, 7) is 2.05. The van der Waals surface area contributed by atoms with Crippen LogP contribution in [0.1, 0.15) is 34.5 Å². The molecular formula is C19H17Cl2N3O2. The Hall–Kier alpha value is -1.84. The van der Waals surface area contributed by atoms with E-state index < -0.39 is 0 Å². The maximum absolute atomic E-state index is 12.9. The third kappa shape index (κ3) is 2.57. The number of carbonyl (C=O) groups is 1. The normalized spacial score (nSPS) is 24.3. The number of fused-ring (bicyclic) bond motifs is 1. The van der Waals surface area contributed by atoms with Crippen molar-refractivity contribution >= 4 is 29.0 Å². The lowest BCUT2D eigenvalue weighted by Gasteiger charge is -2.40. The fourth-order valence-corrected chi connectivity index (χ4v) is 4.80. The Morgan fingerprint density at radius 3 is 2.54 bits per heavy atom. The summed E-state index contributed by atoms with van der Waals surface area (Å²) in [6.07, 6.45) is 1.35.